The Bertz CT molecular complexity index is 265. The average Bonchev–Trinajstić information content (AvgIpc) is 2.05. The molecule has 1 aromatic rings. The van der Waals surface area contributed by atoms with Crippen molar-refractivity contribution in [2.45, 2.75) is 6.92 Å². The molecule has 0 saturated heterocycles. The van der Waals surface area contributed by atoms with E-state index >= 15 is 0 Å². The summed E-state index contributed by atoms with van der Waals surface area (Å²) in [4.78, 5) is 21.6. The van der Waals surface area contributed by atoms with Crippen LogP contribution in [0.1, 0.15) is 6.92 Å². The number of hydrogen-bond acceptors (Lipinski definition) is 3. The molecule has 0 aromatic heterocycles. The van der Waals surface area contributed by atoms with Crippen LogP contribution in [0.15, 0.2) is 30.3 Å². The minimum atomic E-state index is -2.01. The van der Waals surface area contributed by atoms with Crippen LogP contribution in [0.3, 0.4) is 0 Å². The summed E-state index contributed by atoms with van der Waals surface area (Å²) in [5.74, 6) is -0.528. The second-order valence-corrected chi connectivity index (χ2v) is 3.39. The SMILES string of the molecule is CC(=O)OP([O-])c1ccccc1.[Na+]. The van der Waals surface area contributed by atoms with Crippen LogP contribution in [-0.4, -0.2) is 5.97 Å². The minimum absolute atomic E-state index is 0. The van der Waals surface area contributed by atoms with Crippen molar-refractivity contribution in [3.63, 3.8) is 0 Å². The van der Waals surface area contributed by atoms with Gasteiger partial charge in [-0.05, 0) is 5.30 Å². The van der Waals surface area contributed by atoms with E-state index in [-0.39, 0.29) is 29.6 Å². The predicted octanol–water partition coefficient (Wildman–Crippen LogP) is -2.45. The molecule has 0 heterocycles. The fourth-order valence-corrected chi connectivity index (χ4v) is 1.47. The number of benzene rings is 1. The van der Waals surface area contributed by atoms with E-state index in [4.69, 9.17) is 0 Å². The average molecular weight is 206 g/mol. The van der Waals surface area contributed by atoms with Gasteiger partial charge >= 0.3 is 35.5 Å². The second-order valence-electron chi connectivity index (χ2n) is 2.18. The summed E-state index contributed by atoms with van der Waals surface area (Å²) < 4.78 is 4.51. The first-order valence-corrected chi connectivity index (χ1v) is 4.59. The summed E-state index contributed by atoms with van der Waals surface area (Å²) in [7, 11) is -2.01. The Labute approximate surface area is 100 Å². The zero-order valence-electron chi connectivity index (χ0n) is 7.56. The van der Waals surface area contributed by atoms with Crippen molar-refractivity contribution in [1.82, 2.24) is 0 Å². The van der Waals surface area contributed by atoms with Gasteiger partial charge < -0.3 is 9.42 Å². The van der Waals surface area contributed by atoms with Gasteiger partial charge in [-0.1, -0.05) is 30.3 Å². The number of carbonyl (C=O) groups excluding carboxylic acids is 1. The largest absolute Gasteiger partial charge is 1.00 e. The molecular weight excluding hydrogens is 198 g/mol. The molecule has 1 rings (SSSR count). The molecule has 0 radical (unpaired) electrons. The monoisotopic (exact) mass is 206 g/mol. The Hall–Kier alpha value is 0.0800. The van der Waals surface area contributed by atoms with E-state index < -0.39 is 14.3 Å². The van der Waals surface area contributed by atoms with Gasteiger partial charge in [0.1, 0.15) is 0 Å². The number of hydrogen-bond donors (Lipinski definition) is 0. The van der Waals surface area contributed by atoms with Crippen LogP contribution in [0, 0.1) is 0 Å². The summed E-state index contributed by atoms with van der Waals surface area (Å²) in [6, 6.07) is 8.60. The smallest absolute Gasteiger partial charge is 0.794 e. The van der Waals surface area contributed by atoms with E-state index in [0.29, 0.717) is 5.30 Å². The van der Waals surface area contributed by atoms with Crippen molar-refractivity contribution >= 4 is 19.6 Å². The fraction of sp³-hybridized carbons (Fsp3) is 0.125. The van der Waals surface area contributed by atoms with Crippen molar-refractivity contribution < 1.29 is 43.8 Å². The van der Waals surface area contributed by atoms with Gasteiger partial charge in [0.25, 0.3) is 0 Å². The molecule has 0 fully saturated rings. The Balaban J connectivity index is 0.00000144. The van der Waals surface area contributed by atoms with Gasteiger partial charge in [-0.15, -0.1) is 0 Å². The Kier molecular flexibility index (Phi) is 6.56. The molecular formula is C8H8NaO3P. The van der Waals surface area contributed by atoms with Crippen LogP contribution in [0.25, 0.3) is 0 Å². The number of rotatable bonds is 2. The van der Waals surface area contributed by atoms with Crippen molar-refractivity contribution in [3.8, 4) is 0 Å². The maximum absolute atomic E-state index is 11.2. The third-order valence-corrected chi connectivity index (χ3v) is 2.32. The topological polar surface area (TPSA) is 49.4 Å². The number of carbonyl (C=O) groups is 1. The zero-order chi connectivity index (χ0) is 8.97. The van der Waals surface area contributed by atoms with Crippen molar-refractivity contribution in [2.75, 3.05) is 0 Å². The van der Waals surface area contributed by atoms with Gasteiger partial charge in [-0.3, -0.25) is 4.79 Å². The minimum Gasteiger partial charge on any atom is -0.794 e. The van der Waals surface area contributed by atoms with Crippen LogP contribution in [0.5, 0.6) is 0 Å². The van der Waals surface area contributed by atoms with E-state index in [0.717, 1.165) is 0 Å². The first kappa shape index (κ1) is 13.1. The summed E-state index contributed by atoms with van der Waals surface area (Å²) in [6.07, 6.45) is 0. The van der Waals surface area contributed by atoms with Crippen LogP contribution in [0.4, 0.5) is 0 Å². The molecule has 3 nitrogen and oxygen atoms in total. The van der Waals surface area contributed by atoms with Gasteiger partial charge in [0, 0.05) is 15.3 Å². The Morgan fingerprint density at radius 2 is 1.92 bits per heavy atom. The zero-order valence-corrected chi connectivity index (χ0v) is 10.5. The molecule has 0 bridgehead atoms. The molecule has 1 atom stereocenters. The fourth-order valence-electron chi connectivity index (χ4n) is 0.719. The van der Waals surface area contributed by atoms with E-state index in [2.05, 4.69) is 4.52 Å². The van der Waals surface area contributed by atoms with Gasteiger partial charge in [0.15, 0.2) is 0 Å². The predicted molar refractivity (Wildman–Crippen MR) is 44.8 cm³/mol. The quantitative estimate of drug-likeness (QED) is 0.398. The van der Waals surface area contributed by atoms with Crippen molar-refractivity contribution in [2.24, 2.45) is 0 Å². The van der Waals surface area contributed by atoms with E-state index in [1.807, 2.05) is 0 Å². The molecule has 0 amide bonds. The first-order valence-electron chi connectivity index (χ1n) is 3.41. The Morgan fingerprint density at radius 1 is 1.38 bits per heavy atom. The van der Waals surface area contributed by atoms with Crippen LogP contribution in [0.2, 0.25) is 0 Å². The van der Waals surface area contributed by atoms with Gasteiger partial charge in [-0.25, -0.2) is 0 Å². The van der Waals surface area contributed by atoms with Crippen molar-refractivity contribution in [1.29, 1.82) is 0 Å². The van der Waals surface area contributed by atoms with E-state index in [1.165, 1.54) is 6.92 Å². The molecule has 5 heteroatoms. The van der Waals surface area contributed by atoms with Gasteiger partial charge in [0.05, 0.1) is 0 Å². The molecule has 64 valence electrons. The third kappa shape index (κ3) is 4.75. The van der Waals surface area contributed by atoms with Crippen LogP contribution >= 0.6 is 8.38 Å². The molecule has 1 unspecified atom stereocenters. The molecule has 0 aliphatic carbocycles. The van der Waals surface area contributed by atoms with Crippen LogP contribution < -0.4 is 39.8 Å². The molecule has 0 aliphatic rings. The van der Waals surface area contributed by atoms with E-state index in [1.54, 1.807) is 30.3 Å². The molecule has 0 aliphatic heterocycles. The molecule has 1 aromatic carbocycles. The molecule has 13 heavy (non-hydrogen) atoms. The summed E-state index contributed by atoms with van der Waals surface area (Å²) >= 11 is 0. The summed E-state index contributed by atoms with van der Waals surface area (Å²) in [5, 5.41) is 0.530. The molecule has 0 N–H and O–H groups in total. The molecule has 0 saturated carbocycles. The Morgan fingerprint density at radius 3 is 2.38 bits per heavy atom. The third-order valence-electron chi connectivity index (χ3n) is 1.18. The molecule has 0 spiro atoms. The maximum Gasteiger partial charge on any atom is 1.00 e. The maximum atomic E-state index is 11.2. The van der Waals surface area contributed by atoms with Gasteiger partial charge in [0.2, 0.25) is 0 Å². The second kappa shape index (κ2) is 6.52. The summed E-state index contributed by atoms with van der Waals surface area (Å²) in [5.41, 5.74) is 0. The van der Waals surface area contributed by atoms with Crippen LogP contribution in [-0.2, 0) is 9.32 Å². The summed E-state index contributed by atoms with van der Waals surface area (Å²) in [6.45, 7) is 1.23. The van der Waals surface area contributed by atoms with Crippen molar-refractivity contribution in [3.05, 3.63) is 30.3 Å². The first-order chi connectivity index (χ1) is 5.70. The van der Waals surface area contributed by atoms with Gasteiger partial charge in [-0.2, -0.15) is 0 Å². The standard InChI is InChI=1S/C8H8O3P.Na/c1-7(9)11-12(10)8-5-3-2-4-6-8;/h2-6H,1H3;/q-1;+1. The van der Waals surface area contributed by atoms with E-state index in [9.17, 15) is 9.69 Å². The normalized spacial score (nSPS) is 11.2.